The lowest BCUT2D eigenvalue weighted by Crippen LogP contribution is -2.04. The summed E-state index contributed by atoms with van der Waals surface area (Å²) in [6.45, 7) is 4.13. The number of rotatable bonds is 4. The van der Waals surface area contributed by atoms with Gasteiger partial charge in [0.2, 0.25) is 0 Å². The van der Waals surface area contributed by atoms with Crippen molar-refractivity contribution in [1.82, 2.24) is 10.2 Å². The van der Waals surface area contributed by atoms with E-state index in [0.29, 0.717) is 0 Å². The van der Waals surface area contributed by atoms with E-state index in [2.05, 4.69) is 26.0 Å². The van der Waals surface area contributed by atoms with Crippen LogP contribution in [-0.4, -0.2) is 33.6 Å². The van der Waals surface area contributed by atoms with E-state index >= 15 is 0 Å². The number of hydrogen-bond donors (Lipinski definition) is 0. The number of aromatic nitrogens is 2. The van der Waals surface area contributed by atoms with Crippen LogP contribution < -0.4 is 0 Å². The van der Waals surface area contributed by atoms with E-state index in [0.717, 1.165) is 22.9 Å². The van der Waals surface area contributed by atoms with E-state index in [1.807, 2.05) is 6.92 Å². The van der Waals surface area contributed by atoms with Crippen LogP contribution in [0.5, 0.6) is 0 Å². The molecule has 0 N–H and O–H groups in total. The van der Waals surface area contributed by atoms with E-state index in [-0.39, 0.29) is 0 Å². The maximum atomic E-state index is 9.92. The van der Waals surface area contributed by atoms with Gasteiger partial charge in [-0.05, 0) is 13.3 Å². The van der Waals surface area contributed by atoms with E-state index < -0.39 is 9.17 Å². The second-order valence-corrected chi connectivity index (χ2v) is 5.21. The van der Waals surface area contributed by atoms with Crippen molar-refractivity contribution in [1.29, 1.82) is 0 Å². The highest BCUT2D eigenvalue weighted by Gasteiger charge is 2.00. The first kappa shape index (κ1) is 14.2. The third-order valence-corrected chi connectivity index (χ3v) is 2.93. The Morgan fingerprint density at radius 2 is 1.93 bits per heavy atom. The molecule has 0 aliphatic rings. The van der Waals surface area contributed by atoms with E-state index in [4.69, 9.17) is 0 Å². The fourth-order valence-corrected chi connectivity index (χ4v) is 1.71. The number of aryl methyl sites for hydroxylation is 2. The molecule has 1 aromatic rings. The van der Waals surface area contributed by atoms with Crippen LogP contribution in [0.4, 0.5) is 0 Å². The second-order valence-electron chi connectivity index (χ2n) is 2.62. The highest BCUT2D eigenvalue weighted by Crippen LogP contribution is 2.09. The molecule has 0 fully saturated rings. The molecule has 0 unspecified atom stereocenters. The van der Waals surface area contributed by atoms with Crippen LogP contribution in [0.15, 0.2) is 0 Å². The summed E-state index contributed by atoms with van der Waals surface area (Å²) >= 11 is 1.69. The van der Waals surface area contributed by atoms with Crippen LogP contribution in [0.1, 0.15) is 23.4 Å². The molecule has 15 heavy (non-hydrogen) atoms. The summed E-state index contributed by atoms with van der Waals surface area (Å²) in [6, 6.07) is 0. The Morgan fingerprint density at radius 1 is 1.33 bits per heavy atom. The van der Waals surface area contributed by atoms with Crippen molar-refractivity contribution >= 4 is 20.5 Å². The first-order chi connectivity index (χ1) is 7.13. The molecule has 0 bridgehead atoms. The summed E-state index contributed by atoms with van der Waals surface area (Å²) in [7, 11) is 0.558. The molecule has 86 valence electrons. The highest BCUT2D eigenvalue weighted by molar-refractivity contribution is 7.11. The summed E-state index contributed by atoms with van der Waals surface area (Å²) in [6.07, 6.45) is 2.24. The predicted octanol–water partition coefficient (Wildman–Crippen LogP) is 1.49. The standard InChI is InChI=1S/C6H10N2S.C2H6O3Si/c1-3-4-6-8-7-5(2)9-6;1-4-6(3)5-2/h3-4H2,1-2H3;1-2H3. The molecule has 0 aliphatic carbocycles. The molecule has 0 aromatic carbocycles. The topological polar surface area (TPSA) is 61.3 Å². The molecule has 7 heteroatoms. The summed E-state index contributed by atoms with van der Waals surface area (Å²) in [5, 5.41) is 10.1. The molecular formula is C8H16N2O3SSi. The van der Waals surface area contributed by atoms with E-state index in [9.17, 15) is 4.46 Å². The van der Waals surface area contributed by atoms with Gasteiger partial charge in [-0.25, -0.2) is 0 Å². The summed E-state index contributed by atoms with van der Waals surface area (Å²) in [4.78, 5) is 0. The monoisotopic (exact) mass is 248 g/mol. The SMILES string of the molecule is CCCc1nnc(C)s1.CO[Si](=O)OC. The Bertz CT molecular complexity index is 287. The molecule has 1 aromatic heterocycles. The molecule has 5 nitrogen and oxygen atoms in total. The van der Waals surface area contributed by atoms with Crippen LogP contribution in [0.3, 0.4) is 0 Å². The first-order valence-electron chi connectivity index (χ1n) is 4.54. The predicted molar refractivity (Wildman–Crippen MR) is 59.1 cm³/mol. The van der Waals surface area contributed by atoms with Crippen molar-refractivity contribution in [2.75, 3.05) is 14.2 Å². The lowest BCUT2D eigenvalue weighted by atomic mass is 10.4. The zero-order valence-electron chi connectivity index (χ0n) is 9.44. The lowest BCUT2D eigenvalue weighted by Gasteiger charge is -1.87. The van der Waals surface area contributed by atoms with Gasteiger partial charge in [0.05, 0.1) is 14.2 Å². The summed E-state index contributed by atoms with van der Waals surface area (Å²) < 4.78 is 18.4. The third-order valence-electron chi connectivity index (χ3n) is 1.37. The molecule has 0 saturated carbocycles. The van der Waals surface area contributed by atoms with Crippen molar-refractivity contribution < 1.29 is 13.3 Å². The van der Waals surface area contributed by atoms with Gasteiger partial charge in [0.15, 0.2) is 0 Å². The highest BCUT2D eigenvalue weighted by atomic mass is 32.1. The average Bonchev–Trinajstić information content (AvgIpc) is 2.64. The molecule has 1 heterocycles. The number of nitrogens with zero attached hydrogens (tertiary/aromatic N) is 2. The largest absolute Gasteiger partial charge is 0.766 e. The van der Waals surface area contributed by atoms with Crippen molar-refractivity contribution in [3.63, 3.8) is 0 Å². The van der Waals surface area contributed by atoms with Gasteiger partial charge < -0.3 is 8.85 Å². The van der Waals surface area contributed by atoms with Crippen molar-refractivity contribution in [3.8, 4) is 0 Å². The Balaban J connectivity index is 0.000000288. The Labute approximate surface area is 95.4 Å². The molecule has 0 radical (unpaired) electrons. The van der Waals surface area contributed by atoms with Gasteiger partial charge >= 0.3 is 9.17 Å². The fourth-order valence-electron chi connectivity index (χ4n) is 0.736. The van der Waals surface area contributed by atoms with Crippen molar-refractivity contribution in [3.05, 3.63) is 10.0 Å². The smallest absolute Gasteiger partial charge is 0.499 e. The Morgan fingerprint density at radius 3 is 2.20 bits per heavy atom. The first-order valence-corrected chi connectivity index (χ1v) is 6.59. The minimum absolute atomic E-state index is 1.07. The molecule has 1 rings (SSSR count). The zero-order chi connectivity index (χ0) is 11.7. The Kier molecular flexibility index (Phi) is 8.02. The van der Waals surface area contributed by atoms with E-state index in [1.54, 1.807) is 11.3 Å². The maximum Gasteiger partial charge on any atom is 0.766 e. The van der Waals surface area contributed by atoms with Gasteiger partial charge in [-0.2, -0.15) is 0 Å². The zero-order valence-corrected chi connectivity index (χ0v) is 11.3. The summed E-state index contributed by atoms with van der Waals surface area (Å²) in [5.74, 6) is 0. The molecule has 0 spiro atoms. The van der Waals surface area contributed by atoms with Gasteiger partial charge in [0.1, 0.15) is 10.0 Å². The van der Waals surface area contributed by atoms with Crippen molar-refractivity contribution in [2.45, 2.75) is 26.7 Å². The lowest BCUT2D eigenvalue weighted by molar-refractivity contribution is 0.236. The molecule has 0 saturated heterocycles. The van der Waals surface area contributed by atoms with Crippen LogP contribution in [0, 0.1) is 6.92 Å². The molecule has 0 aliphatic heterocycles. The molecule has 0 amide bonds. The van der Waals surface area contributed by atoms with Gasteiger partial charge in [-0.15, -0.1) is 21.5 Å². The summed E-state index contributed by atoms with van der Waals surface area (Å²) in [5.41, 5.74) is 0. The van der Waals surface area contributed by atoms with Gasteiger partial charge in [0.25, 0.3) is 0 Å². The van der Waals surface area contributed by atoms with Gasteiger partial charge in [-0.1, -0.05) is 6.92 Å². The van der Waals surface area contributed by atoms with E-state index in [1.165, 1.54) is 14.2 Å². The van der Waals surface area contributed by atoms with Crippen molar-refractivity contribution in [2.24, 2.45) is 0 Å². The maximum absolute atomic E-state index is 9.92. The second kappa shape index (κ2) is 8.48. The van der Waals surface area contributed by atoms with Crippen LogP contribution in [-0.2, 0) is 19.7 Å². The molecular weight excluding hydrogens is 232 g/mol. The van der Waals surface area contributed by atoms with Crippen LogP contribution >= 0.6 is 11.3 Å². The number of hydrogen-bond acceptors (Lipinski definition) is 6. The normalized spacial score (nSPS) is 8.80. The van der Waals surface area contributed by atoms with Crippen LogP contribution in [0.25, 0.3) is 0 Å². The minimum Gasteiger partial charge on any atom is -0.499 e. The van der Waals surface area contributed by atoms with Crippen LogP contribution in [0.2, 0.25) is 0 Å². The Hall–Kier alpha value is -0.823. The molecule has 0 atom stereocenters. The average molecular weight is 248 g/mol. The fraction of sp³-hybridized carbons (Fsp3) is 0.750. The van der Waals surface area contributed by atoms with Gasteiger partial charge in [0, 0.05) is 6.42 Å². The quantitative estimate of drug-likeness (QED) is 0.756. The van der Waals surface area contributed by atoms with Gasteiger partial charge in [-0.3, -0.25) is 4.46 Å². The third kappa shape index (κ3) is 7.15. The minimum atomic E-state index is -2.12.